The molecule has 0 spiro atoms. The van der Waals surface area contributed by atoms with Crippen molar-refractivity contribution in [3.63, 3.8) is 0 Å². The summed E-state index contributed by atoms with van der Waals surface area (Å²) in [5, 5.41) is 5.95. The number of thiophene rings is 1. The highest BCUT2D eigenvalue weighted by molar-refractivity contribution is 7.20. The first-order chi connectivity index (χ1) is 17.7. The van der Waals surface area contributed by atoms with Gasteiger partial charge in [-0.3, -0.25) is 19.0 Å². The molecule has 2 heterocycles. The van der Waals surface area contributed by atoms with Gasteiger partial charge in [-0.05, 0) is 48.2 Å². The van der Waals surface area contributed by atoms with Crippen molar-refractivity contribution in [2.45, 2.75) is 33.2 Å². The van der Waals surface area contributed by atoms with Crippen LogP contribution < -0.4 is 25.7 Å². The molecule has 0 atom stereocenters. The number of fused-ring (bicyclic) bond motifs is 1. The second kappa shape index (κ2) is 10.8. The molecule has 0 aliphatic rings. The number of benzene rings is 2. The van der Waals surface area contributed by atoms with E-state index >= 15 is 0 Å². The largest absolute Gasteiger partial charge is 0.497 e. The van der Waals surface area contributed by atoms with Crippen LogP contribution in [0.1, 0.15) is 40.6 Å². The van der Waals surface area contributed by atoms with Crippen molar-refractivity contribution >= 4 is 44.7 Å². The lowest BCUT2D eigenvalue weighted by molar-refractivity contribution is -0.116. The molecular formula is C27H28N4O5S. The lowest BCUT2D eigenvalue weighted by atomic mass is 10.0. The Morgan fingerprint density at radius 3 is 2.43 bits per heavy atom. The Morgan fingerprint density at radius 2 is 1.78 bits per heavy atom. The van der Waals surface area contributed by atoms with Crippen LogP contribution in [0.25, 0.3) is 10.2 Å². The van der Waals surface area contributed by atoms with Crippen molar-refractivity contribution in [2.75, 3.05) is 24.9 Å². The highest BCUT2D eigenvalue weighted by atomic mass is 32.1. The Hall–Kier alpha value is -4.18. The van der Waals surface area contributed by atoms with Crippen LogP contribution in [0.5, 0.6) is 11.5 Å². The molecule has 0 radical (unpaired) electrons. The summed E-state index contributed by atoms with van der Waals surface area (Å²) in [6, 6.07) is 12.6. The van der Waals surface area contributed by atoms with Gasteiger partial charge in [-0.2, -0.15) is 0 Å². The van der Waals surface area contributed by atoms with Gasteiger partial charge in [-0.1, -0.05) is 26.0 Å². The summed E-state index contributed by atoms with van der Waals surface area (Å²) in [5.74, 6) is 0.682. The number of rotatable bonds is 8. The summed E-state index contributed by atoms with van der Waals surface area (Å²) in [6.07, 6.45) is 1.33. The van der Waals surface area contributed by atoms with E-state index in [1.54, 1.807) is 32.2 Å². The smallest absolute Gasteiger partial charge is 0.266 e. The van der Waals surface area contributed by atoms with E-state index in [9.17, 15) is 14.4 Å². The van der Waals surface area contributed by atoms with Crippen molar-refractivity contribution in [1.29, 1.82) is 0 Å². The Morgan fingerprint density at radius 1 is 1.05 bits per heavy atom. The zero-order valence-corrected chi connectivity index (χ0v) is 22.1. The summed E-state index contributed by atoms with van der Waals surface area (Å²) in [7, 11) is 3.04. The van der Waals surface area contributed by atoms with Gasteiger partial charge >= 0.3 is 0 Å². The SMILES string of the molecule is COc1ccc(NC(=O)c2sc3ncn(CC(=O)Nc4ccc(C(C)C)cc4)c(=O)c3c2C)c(OC)c1. The van der Waals surface area contributed by atoms with Gasteiger partial charge in [0.1, 0.15) is 22.9 Å². The Labute approximate surface area is 218 Å². The second-order valence-corrected chi connectivity index (χ2v) is 9.76. The standard InChI is InChI=1S/C27H28N4O5S/c1-15(2)17-6-8-18(9-7-17)29-22(32)13-31-14-28-26-23(27(31)34)16(3)24(37-26)25(33)30-20-11-10-19(35-4)12-21(20)36-5/h6-12,14-15H,13H2,1-5H3,(H,29,32)(H,30,33). The van der Waals surface area contributed by atoms with Crippen LogP contribution in [0.2, 0.25) is 0 Å². The van der Waals surface area contributed by atoms with Crippen molar-refractivity contribution < 1.29 is 19.1 Å². The predicted octanol–water partition coefficient (Wildman–Crippen LogP) is 4.80. The van der Waals surface area contributed by atoms with Gasteiger partial charge in [0.25, 0.3) is 11.5 Å². The number of anilines is 2. The first-order valence-electron chi connectivity index (χ1n) is 11.6. The molecule has 4 rings (SSSR count). The first-order valence-corrected chi connectivity index (χ1v) is 12.4. The van der Waals surface area contributed by atoms with E-state index in [0.717, 1.165) is 11.3 Å². The number of methoxy groups -OCH3 is 2. The van der Waals surface area contributed by atoms with Gasteiger partial charge in [0, 0.05) is 11.8 Å². The molecule has 0 fully saturated rings. The van der Waals surface area contributed by atoms with Gasteiger partial charge in [-0.15, -0.1) is 11.3 Å². The number of hydrogen-bond donors (Lipinski definition) is 2. The molecule has 2 aromatic carbocycles. The highest BCUT2D eigenvalue weighted by Crippen LogP contribution is 2.32. The average Bonchev–Trinajstić information content (AvgIpc) is 3.23. The van der Waals surface area contributed by atoms with Crippen LogP contribution in [0.3, 0.4) is 0 Å². The molecule has 0 aliphatic heterocycles. The molecule has 2 amide bonds. The summed E-state index contributed by atoms with van der Waals surface area (Å²) in [4.78, 5) is 44.0. The minimum Gasteiger partial charge on any atom is -0.497 e. The molecule has 2 aromatic heterocycles. The van der Waals surface area contributed by atoms with Crippen LogP contribution in [-0.2, 0) is 11.3 Å². The molecule has 0 saturated heterocycles. The molecule has 4 aromatic rings. The van der Waals surface area contributed by atoms with Crippen LogP contribution in [0, 0.1) is 6.92 Å². The molecular weight excluding hydrogens is 492 g/mol. The second-order valence-electron chi connectivity index (χ2n) is 8.76. The van der Waals surface area contributed by atoms with Gasteiger partial charge < -0.3 is 20.1 Å². The van der Waals surface area contributed by atoms with Gasteiger partial charge in [0.2, 0.25) is 5.91 Å². The third kappa shape index (κ3) is 5.49. The fourth-order valence-corrected chi connectivity index (χ4v) is 4.91. The number of nitrogens with one attached hydrogen (secondary N) is 2. The summed E-state index contributed by atoms with van der Waals surface area (Å²) in [6.45, 7) is 5.69. The molecule has 192 valence electrons. The molecule has 0 aliphatic carbocycles. The van der Waals surface area contributed by atoms with Gasteiger partial charge in [0.05, 0.1) is 36.5 Å². The van der Waals surface area contributed by atoms with E-state index in [0.29, 0.717) is 49.4 Å². The normalized spacial score (nSPS) is 11.0. The maximum Gasteiger partial charge on any atom is 0.266 e. The van der Waals surface area contributed by atoms with Crippen molar-refractivity contribution in [3.8, 4) is 11.5 Å². The molecule has 0 bridgehead atoms. The highest BCUT2D eigenvalue weighted by Gasteiger charge is 2.21. The number of aromatic nitrogens is 2. The maximum absolute atomic E-state index is 13.2. The number of carbonyl (C=O) groups excluding carboxylic acids is 2. The van der Waals surface area contributed by atoms with Gasteiger partial charge in [-0.25, -0.2) is 4.98 Å². The Kier molecular flexibility index (Phi) is 7.58. The number of amides is 2. The molecule has 37 heavy (non-hydrogen) atoms. The Balaban J connectivity index is 1.54. The summed E-state index contributed by atoms with van der Waals surface area (Å²) in [5.41, 5.74) is 2.40. The molecule has 2 N–H and O–H groups in total. The van der Waals surface area contributed by atoms with Crippen LogP contribution in [0.15, 0.2) is 53.6 Å². The van der Waals surface area contributed by atoms with Crippen molar-refractivity contribution in [3.05, 3.63) is 75.1 Å². The zero-order chi connectivity index (χ0) is 26.7. The van der Waals surface area contributed by atoms with E-state index in [1.807, 2.05) is 24.3 Å². The predicted molar refractivity (Wildman–Crippen MR) is 145 cm³/mol. The first kappa shape index (κ1) is 25.9. The monoisotopic (exact) mass is 520 g/mol. The average molecular weight is 521 g/mol. The number of carbonyl (C=O) groups is 2. The fraction of sp³-hybridized carbons (Fsp3) is 0.259. The summed E-state index contributed by atoms with van der Waals surface area (Å²) >= 11 is 1.12. The third-order valence-corrected chi connectivity index (χ3v) is 7.15. The molecule has 9 nitrogen and oxygen atoms in total. The van der Waals surface area contributed by atoms with Crippen LogP contribution >= 0.6 is 11.3 Å². The lowest BCUT2D eigenvalue weighted by Gasteiger charge is -2.11. The zero-order valence-electron chi connectivity index (χ0n) is 21.2. The van der Waals surface area contributed by atoms with Crippen molar-refractivity contribution in [2.24, 2.45) is 0 Å². The number of ether oxygens (including phenoxy) is 2. The fourth-order valence-electron chi connectivity index (χ4n) is 3.88. The quantitative estimate of drug-likeness (QED) is 0.345. The molecule has 10 heteroatoms. The maximum atomic E-state index is 13.2. The van der Waals surface area contributed by atoms with Crippen molar-refractivity contribution in [1.82, 2.24) is 9.55 Å². The minimum absolute atomic E-state index is 0.201. The topological polar surface area (TPSA) is 112 Å². The number of aryl methyl sites for hydroxylation is 1. The summed E-state index contributed by atoms with van der Waals surface area (Å²) < 4.78 is 11.8. The Bertz CT molecular complexity index is 1520. The van der Waals surface area contributed by atoms with Crippen LogP contribution in [-0.4, -0.2) is 35.6 Å². The van der Waals surface area contributed by atoms with E-state index in [2.05, 4.69) is 29.5 Å². The van der Waals surface area contributed by atoms with E-state index < -0.39 is 5.91 Å². The van der Waals surface area contributed by atoms with E-state index in [4.69, 9.17) is 9.47 Å². The lowest BCUT2D eigenvalue weighted by Crippen LogP contribution is -2.28. The minimum atomic E-state index is -0.391. The third-order valence-electron chi connectivity index (χ3n) is 5.96. The molecule has 0 unspecified atom stereocenters. The van der Waals surface area contributed by atoms with Gasteiger partial charge in [0.15, 0.2) is 0 Å². The van der Waals surface area contributed by atoms with Crippen LogP contribution in [0.4, 0.5) is 11.4 Å². The number of nitrogens with zero attached hydrogens (tertiary/aromatic N) is 2. The van der Waals surface area contributed by atoms with E-state index in [1.165, 1.54) is 23.6 Å². The molecule has 0 saturated carbocycles. The number of hydrogen-bond acceptors (Lipinski definition) is 7. The van der Waals surface area contributed by atoms with E-state index in [-0.39, 0.29) is 18.0 Å².